The number of carboxylic acid groups (broad SMARTS) is 1. The van der Waals surface area contributed by atoms with E-state index in [-0.39, 0.29) is 25.5 Å². The molecule has 3 rings (SSSR count). The molecule has 124 valence electrons. The van der Waals surface area contributed by atoms with Crippen molar-refractivity contribution in [3.05, 3.63) is 59.7 Å². The first-order chi connectivity index (χ1) is 11.6. The maximum atomic E-state index is 12.3. The molecule has 2 N–H and O–H groups in total. The second kappa shape index (κ2) is 7.04. The van der Waals surface area contributed by atoms with Gasteiger partial charge >= 0.3 is 5.97 Å². The summed E-state index contributed by atoms with van der Waals surface area (Å²) in [4.78, 5) is 23.4. The minimum absolute atomic E-state index is 0.142. The lowest BCUT2D eigenvalue weighted by molar-refractivity contribution is -0.137. The maximum Gasteiger partial charge on any atom is 0.305 e. The molecular weight excluding hydrogens is 310 g/mol. The first kappa shape index (κ1) is 15.9. The third-order valence-corrected chi connectivity index (χ3v) is 3.72. The maximum absolute atomic E-state index is 12.3. The molecule has 1 atom stereocenters. The third-order valence-electron chi connectivity index (χ3n) is 3.72. The zero-order valence-electron chi connectivity index (χ0n) is 12.9. The monoisotopic (exact) mass is 327 g/mol. The average Bonchev–Trinajstić information content (AvgIpc) is 3.02. The number of carbonyl (C=O) groups excluding carboxylic acids is 1. The van der Waals surface area contributed by atoms with Gasteiger partial charge in [-0.3, -0.25) is 9.59 Å². The quantitative estimate of drug-likeness (QED) is 0.850. The van der Waals surface area contributed by atoms with Crippen molar-refractivity contribution < 1.29 is 24.2 Å². The van der Waals surface area contributed by atoms with E-state index in [0.717, 1.165) is 5.56 Å². The first-order valence-corrected chi connectivity index (χ1v) is 7.56. The Bertz CT molecular complexity index is 744. The number of rotatable bonds is 6. The van der Waals surface area contributed by atoms with Gasteiger partial charge in [-0.25, -0.2) is 0 Å². The molecule has 0 saturated heterocycles. The second-order valence-electron chi connectivity index (χ2n) is 5.49. The number of ether oxygens (including phenoxy) is 2. The van der Waals surface area contributed by atoms with Gasteiger partial charge in [0.15, 0.2) is 11.5 Å². The van der Waals surface area contributed by atoms with Gasteiger partial charge in [0.25, 0.3) is 0 Å². The van der Waals surface area contributed by atoms with Crippen molar-refractivity contribution in [2.24, 2.45) is 0 Å². The molecule has 0 bridgehead atoms. The molecule has 0 saturated carbocycles. The molecule has 1 amide bonds. The van der Waals surface area contributed by atoms with Gasteiger partial charge in [-0.05, 0) is 23.3 Å². The smallest absolute Gasteiger partial charge is 0.305 e. The SMILES string of the molecule is O=C(O)CC(NC(=O)Cc1ccccc1)c1ccc2c(c1)OCO2. The summed E-state index contributed by atoms with van der Waals surface area (Å²) < 4.78 is 10.6. The molecule has 2 aromatic carbocycles. The summed E-state index contributed by atoms with van der Waals surface area (Å²) in [6.07, 6.45) is -0.0122. The van der Waals surface area contributed by atoms with Gasteiger partial charge in [-0.1, -0.05) is 36.4 Å². The Hall–Kier alpha value is -3.02. The summed E-state index contributed by atoms with van der Waals surface area (Å²) in [5.74, 6) is -0.0496. The van der Waals surface area contributed by atoms with E-state index in [1.54, 1.807) is 18.2 Å². The molecule has 0 aromatic heterocycles. The van der Waals surface area contributed by atoms with Gasteiger partial charge in [0.05, 0.1) is 18.9 Å². The number of amides is 1. The van der Waals surface area contributed by atoms with Crippen molar-refractivity contribution in [3.63, 3.8) is 0 Å². The van der Waals surface area contributed by atoms with Crippen LogP contribution in [0.15, 0.2) is 48.5 Å². The number of nitrogens with one attached hydrogen (secondary N) is 1. The molecule has 24 heavy (non-hydrogen) atoms. The fraction of sp³-hybridized carbons (Fsp3) is 0.222. The lowest BCUT2D eigenvalue weighted by Crippen LogP contribution is -2.31. The summed E-state index contributed by atoms with van der Waals surface area (Å²) in [5, 5.41) is 11.9. The Labute approximate surface area is 139 Å². The van der Waals surface area contributed by atoms with E-state index in [1.165, 1.54) is 0 Å². The standard InChI is InChI=1S/C18H17NO5/c20-17(8-12-4-2-1-3-5-12)19-14(10-18(21)22)13-6-7-15-16(9-13)24-11-23-15/h1-7,9,14H,8,10-11H2,(H,19,20)(H,21,22). The van der Waals surface area contributed by atoms with Crippen LogP contribution in [0.3, 0.4) is 0 Å². The van der Waals surface area contributed by atoms with Gasteiger partial charge < -0.3 is 19.9 Å². The van der Waals surface area contributed by atoms with Gasteiger partial charge in [-0.2, -0.15) is 0 Å². The van der Waals surface area contributed by atoms with Gasteiger partial charge in [-0.15, -0.1) is 0 Å². The summed E-state index contributed by atoms with van der Waals surface area (Å²) >= 11 is 0. The Morgan fingerprint density at radius 1 is 1.08 bits per heavy atom. The van der Waals surface area contributed by atoms with Gasteiger partial charge in [0.1, 0.15) is 0 Å². The van der Waals surface area contributed by atoms with Crippen LogP contribution in [0.25, 0.3) is 0 Å². The molecule has 0 fully saturated rings. The summed E-state index contributed by atoms with van der Waals surface area (Å²) in [6.45, 7) is 0.142. The number of fused-ring (bicyclic) bond motifs is 1. The van der Waals surface area contributed by atoms with Crippen molar-refractivity contribution in [1.29, 1.82) is 0 Å². The fourth-order valence-corrected chi connectivity index (χ4v) is 2.58. The van der Waals surface area contributed by atoms with E-state index in [4.69, 9.17) is 14.6 Å². The largest absolute Gasteiger partial charge is 0.481 e. The minimum atomic E-state index is -0.988. The molecule has 0 radical (unpaired) electrons. The summed E-state index contributed by atoms with van der Waals surface area (Å²) in [6, 6.07) is 13.8. The van der Waals surface area contributed by atoms with Crippen LogP contribution in [0, 0.1) is 0 Å². The van der Waals surface area contributed by atoms with Crippen LogP contribution in [-0.2, 0) is 16.0 Å². The highest BCUT2D eigenvalue weighted by molar-refractivity contribution is 5.80. The van der Waals surface area contributed by atoms with E-state index in [1.807, 2.05) is 30.3 Å². The Morgan fingerprint density at radius 3 is 2.58 bits per heavy atom. The second-order valence-corrected chi connectivity index (χ2v) is 5.49. The number of benzene rings is 2. The summed E-state index contributed by atoms with van der Waals surface area (Å²) in [7, 11) is 0. The number of hydrogen-bond donors (Lipinski definition) is 2. The number of hydrogen-bond acceptors (Lipinski definition) is 4. The van der Waals surface area contributed by atoms with Crippen LogP contribution in [0.5, 0.6) is 11.5 Å². The van der Waals surface area contributed by atoms with Crippen LogP contribution in [-0.4, -0.2) is 23.8 Å². The van der Waals surface area contributed by atoms with E-state index in [0.29, 0.717) is 17.1 Å². The molecule has 1 aliphatic rings. The molecule has 0 spiro atoms. The Morgan fingerprint density at radius 2 is 1.83 bits per heavy atom. The molecule has 1 heterocycles. The molecule has 2 aromatic rings. The van der Waals surface area contributed by atoms with Gasteiger partial charge in [0.2, 0.25) is 12.7 Å². The van der Waals surface area contributed by atoms with E-state index in [9.17, 15) is 9.59 Å². The predicted molar refractivity (Wildman–Crippen MR) is 85.8 cm³/mol. The molecular formula is C18H17NO5. The van der Waals surface area contributed by atoms with Gasteiger partial charge in [0, 0.05) is 0 Å². The molecule has 0 aliphatic carbocycles. The number of carbonyl (C=O) groups is 2. The Balaban J connectivity index is 1.74. The Kier molecular flexibility index (Phi) is 4.65. The van der Waals surface area contributed by atoms with Crippen LogP contribution in [0.2, 0.25) is 0 Å². The van der Waals surface area contributed by atoms with Crippen LogP contribution in [0.1, 0.15) is 23.6 Å². The van der Waals surface area contributed by atoms with Crippen molar-refractivity contribution in [2.45, 2.75) is 18.9 Å². The fourth-order valence-electron chi connectivity index (χ4n) is 2.58. The minimum Gasteiger partial charge on any atom is -0.481 e. The number of aliphatic carboxylic acids is 1. The van der Waals surface area contributed by atoms with E-state index >= 15 is 0 Å². The lowest BCUT2D eigenvalue weighted by atomic mass is 10.0. The van der Waals surface area contributed by atoms with Crippen LogP contribution in [0.4, 0.5) is 0 Å². The highest BCUT2D eigenvalue weighted by atomic mass is 16.7. The molecule has 6 nitrogen and oxygen atoms in total. The van der Waals surface area contributed by atoms with Crippen LogP contribution < -0.4 is 14.8 Å². The highest BCUT2D eigenvalue weighted by Crippen LogP contribution is 2.34. The normalized spacial score (nSPS) is 13.3. The number of carboxylic acids is 1. The average molecular weight is 327 g/mol. The third kappa shape index (κ3) is 3.84. The van der Waals surface area contributed by atoms with E-state index < -0.39 is 12.0 Å². The molecule has 6 heteroatoms. The topological polar surface area (TPSA) is 84.9 Å². The lowest BCUT2D eigenvalue weighted by Gasteiger charge is -2.18. The van der Waals surface area contributed by atoms with Crippen molar-refractivity contribution in [2.75, 3.05) is 6.79 Å². The van der Waals surface area contributed by atoms with E-state index in [2.05, 4.69) is 5.32 Å². The zero-order chi connectivity index (χ0) is 16.9. The van der Waals surface area contributed by atoms with Crippen molar-refractivity contribution >= 4 is 11.9 Å². The molecule has 1 aliphatic heterocycles. The predicted octanol–water partition coefficient (Wildman–Crippen LogP) is 2.29. The highest BCUT2D eigenvalue weighted by Gasteiger charge is 2.21. The summed E-state index contributed by atoms with van der Waals surface area (Å²) in [5.41, 5.74) is 1.54. The van der Waals surface area contributed by atoms with Crippen molar-refractivity contribution in [1.82, 2.24) is 5.32 Å². The van der Waals surface area contributed by atoms with Crippen molar-refractivity contribution in [3.8, 4) is 11.5 Å². The van der Waals surface area contributed by atoms with Crippen LogP contribution >= 0.6 is 0 Å². The zero-order valence-corrected chi connectivity index (χ0v) is 12.9. The molecule has 1 unspecified atom stereocenters. The first-order valence-electron chi connectivity index (χ1n) is 7.56.